The summed E-state index contributed by atoms with van der Waals surface area (Å²) in [6.45, 7) is 4.42. The van der Waals surface area contributed by atoms with Gasteiger partial charge in [-0.2, -0.15) is 0 Å². The number of hydrogen-bond acceptors (Lipinski definition) is 6. The summed E-state index contributed by atoms with van der Waals surface area (Å²) in [6, 6.07) is 7.16. The van der Waals surface area contributed by atoms with Gasteiger partial charge in [-0.15, -0.1) is 0 Å². The summed E-state index contributed by atoms with van der Waals surface area (Å²) >= 11 is 0. The molecule has 1 atom stereocenters. The van der Waals surface area contributed by atoms with E-state index in [1.165, 1.54) is 0 Å². The molecule has 0 unspecified atom stereocenters. The molecule has 2 rings (SSSR count). The zero-order valence-corrected chi connectivity index (χ0v) is 16.4. The maximum atomic E-state index is 11.6. The number of rotatable bonds is 9. The number of aromatic nitrogens is 1. The van der Waals surface area contributed by atoms with Crippen LogP contribution in [0.5, 0.6) is 17.2 Å². The normalized spacial score (nSPS) is 11.9. The second-order valence-corrected chi connectivity index (χ2v) is 6.47. The molecule has 2 aromatic rings. The quantitative estimate of drug-likeness (QED) is 0.701. The highest BCUT2D eigenvalue weighted by Gasteiger charge is 2.19. The molecule has 0 saturated heterocycles. The van der Waals surface area contributed by atoms with Gasteiger partial charge in [-0.25, -0.2) is 0 Å². The highest BCUT2D eigenvalue weighted by atomic mass is 16.5. The van der Waals surface area contributed by atoms with E-state index in [2.05, 4.69) is 10.3 Å². The predicted octanol–water partition coefficient (Wildman–Crippen LogP) is 2.37. The number of pyridine rings is 1. The SMILES string of the molecule is COc1cc(-c2cc(CN[C@H](C(N)=O)C(C)C)ccn2)cc(OC)c1OC. The third-order valence-electron chi connectivity index (χ3n) is 4.28. The topological polar surface area (TPSA) is 95.7 Å². The first-order valence-electron chi connectivity index (χ1n) is 8.69. The molecule has 7 nitrogen and oxygen atoms in total. The zero-order valence-electron chi connectivity index (χ0n) is 16.4. The lowest BCUT2D eigenvalue weighted by Gasteiger charge is -2.19. The van der Waals surface area contributed by atoms with Gasteiger partial charge in [-0.1, -0.05) is 13.8 Å². The van der Waals surface area contributed by atoms with Crippen molar-refractivity contribution < 1.29 is 19.0 Å². The number of ether oxygens (including phenoxy) is 3. The Morgan fingerprint density at radius 2 is 1.74 bits per heavy atom. The Bertz CT molecular complexity index is 768. The molecule has 1 aromatic heterocycles. The molecule has 0 radical (unpaired) electrons. The summed E-state index contributed by atoms with van der Waals surface area (Å²) in [7, 11) is 4.71. The van der Waals surface area contributed by atoms with Crippen molar-refractivity contribution in [2.24, 2.45) is 11.7 Å². The van der Waals surface area contributed by atoms with Crippen molar-refractivity contribution in [3.05, 3.63) is 36.0 Å². The van der Waals surface area contributed by atoms with E-state index in [0.29, 0.717) is 23.8 Å². The molecule has 0 saturated carbocycles. The smallest absolute Gasteiger partial charge is 0.234 e. The molecule has 0 fully saturated rings. The fourth-order valence-corrected chi connectivity index (χ4v) is 2.86. The third-order valence-corrected chi connectivity index (χ3v) is 4.28. The first-order valence-corrected chi connectivity index (χ1v) is 8.69. The maximum absolute atomic E-state index is 11.6. The average molecular weight is 373 g/mol. The molecule has 27 heavy (non-hydrogen) atoms. The van der Waals surface area contributed by atoms with Crippen LogP contribution in [-0.2, 0) is 11.3 Å². The first-order chi connectivity index (χ1) is 12.9. The first kappa shape index (κ1) is 20.5. The summed E-state index contributed by atoms with van der Waals surface area (Å²) in [4.78, 5) is 16.0. The number of carbonyl (C=O) groups is 1. The van der Waals surface area contributed by atoms with E-state index in [4.69, 9.17) is 19.9 Å². The number of benzene rings is 1. The average Bonchev–Trinajstić information content (AvgIpc) is 2.66. The number of primary amides is 1. The predicted molar refractivity (Wildman–Crippen MR) is 104 cm³/mol. The van der Waals surface area contributed by atoms with E-state index in [0.717, 1.165) is 16.8 Å². The van der Waals surface area contributed by atoms with Gasteiger partial charge in [-0.05, 0) is 35.7 Å². The van der Waals surface area contributed by atoms with Crippen LogP contribution in [0.2, 0.25) is 0 Å². The van der Waals surface area contributed by atoms with Crippen LogP contribution in [0.1, 0.15) is 19.4 Å². The molecule has 0 aliphatic carbocycles. The minimum absolute atomic E-state index is 0.110. The van der Waals surface area contributed by atoms with Crippen LogP contribution >= 0.6 is 0 Å². The van der Waals surface area contributed by atoms with Crippen molar-refractivity contribution in [2.75, 3.05) is 21.3 Å². The summed E-state index contributed by atoms with van der Waals surface area (Å²) in [6.07, 6.45) is 1.73. The Hall–Kier alpha value is -2.80. The van der Waals surface area contributed by atoms with Gasteiger partial charge in [-0.3, -0.25) is 9.78 Å². The van der Waals surface area contributed by atoms with Gasteiger partial charge >= 0.3 is 0 Å². The molecule has 0 aliphatic heterocycles. The number of hydrogen-bond donors (Lipinski definition) is 2. The lowest BCUT2D eigenvalue weighted by Crippen LogP contribution is -2.44. The number of nitrogens with zero attached hydrogens (tertiary/aromatic N) is 1. The van der Waals surface area contributed by atoms with Crippen molar-refractivity contribution in [1.29, 1.82) is 0 Å². The summed E-state index contributed by atoms with van der Waals surface area (Å²) in [5, 5.41) is 3.21. The molecule has 0 spiro atoms. The molecule has 0 bridgehead atoms. The molecule has 3 N–H and O–H groups in total. The van der Waals surface area contributed by atoms with E-state index in [1.54, 1.807) is 27.5 Å². The van der Waals surface area contributed by atoms with Gasteiger partial charge < -0.3 is 25.3 Å². The maximum Gasteiger partial charge on any atom is 0.234 e. The fourth-order valence-electron chi connectivity index (χ4n) is 2.86. The van der Waals surface area contributed by atoms with Gasteiger partial charge in [0, 0.05) is 18.3 Å². The molecule has 7 heteroatoms. The van der Waals surface area contributed by atoms with E-state index in [1.807, 2.05) is 38.1 Å². The van der Waals surface area contributed by atoms with Crippen LogP contribution in [-0.4, -0.2) is 38.3 Å². The third kappa shape index (κ3) is 4.89. The molecular formula is C20H27N3O4. The van der Waals surface area contributed by atoms with Crippen molar-refractivity contribution in [1.82, 2.24) is 10.3 Å². The highest BCUT2D eigenvalue weighted by molar-refractivity contribution is 5.80. The number of methoxy groups -OCH3 is 3. The Morgan fingerprint density at radius 1 is 1.11 bits per heavy atom. The van der Waals surface area contributed by atoms with Gasteiger partial charge in [0.25, 0.3) is 0 Å². The van der Waals surface area contributed by atoms with Gasteiger partial charge in [0.2, 0.25) is 11.7 Å². The van der Waals surface area contributed by atoms with Crippen LogP contribution in [0.25, 0.3) is 11.3 Å². The zero-order chi connectivity index (χ0) is 20.0. The van der Waals surface area contributed by atoms with Gasteiger partial charge in [0.1, 0.15) is 0 Å². The van der Waals surface area contributed by atoms with Gasteiger partial charge in [0.15, 0.2) is 11.5 Å². The van der Waals surface area contributed by atoms with Crippen molar-refractivity contribution in [2.45, 2.75) is 26.4 Å². The number of nitrogens with one attached hydrogen (secondary N) is 1. The number of amides is 1. The molecule has 1 aromatic carbocycles. The summed E-state index contributed by atoms with van der Waals surface area (Å²) in [5.41, 5.74) is 8.04. The van der Waals surface area contributed by atoms with Gasteiger partial charge in [0.05, 0.1) is 33.1 Å². The number of nitrogens with two attached hydrogens (primary N) is 1. The molecule has 146 valence electrons. The molecule has 1 amide bonds. The van der Waals surface area contributed by atoms with Crippen LogP contribution < -0.4 is 25.3 Å². The van der Waals surface area contributed by atoms with Crippen molar-refractivity contribution >= 4 is 5.91 Å². The Labute approximate surface area is 159 Å². The standard InChI is InChI=1S/C20H27N3O4/c1-12(2)18(20(21)24)23-11-13-6-7-22-15(8-13)14-9-16(25-3)19(27-5)17(10-14)26-4/h6-10,12,18,23H,11H2,1-5H3,(H2,21,24)/t18-/m0/s1. The largest absolute Gasteiger partial charge is 0.493 e. The van der Waals surface area contributed by atoms with E-state index >= 15 is 0 Å². The minimum atomic E-state index is -0.386. The van der Waals surface area contributed by atoms with Crippen LogP contribution in [0.15, 0.2) is 30.5 Å². The van der Waals surface area contributed by atoms with Crippen LogP contribution in [0, 0.1) is 5.92 Å². The number of carbonyl (C=O) groups excluding carboxylic acids is 1. The summed E-state index contributed by atoms with van der Waals surface area (Å²) in [5.74, 6) is 1.40. The Kier molecular flexibility index (Phi) is 7.01. The Balaban J connectivity index is 2.31. The lowest BCUT2D eigenvalue weighted by atomic mass is 10.0. The van der Waals surface area contributed by atoms with Crippen molar-refractivity contribution in [3.63, 3.8) is 0 Å². The summed E-state index contributed by atoms with van der Waals surface area (Å²) < 4.78 is 16.2. The second-order valence-electron chi connectivity index (χ2n) is 6.47. The van der Waals surface area contributed by atoms with E-state index in [-0.39, 0.29) is 17.9 Å². The fraction of sp³-hybridized carbons (Fsp3) is 0.400. The van der Waals surface area contributed by atoms with Crippen LogP contribution in [0.3, 0.4) is 0 Å². The van der Waals surface area contributed by atoms with E-state index < -0.39 is 0 Å². The minimum Gasteiger partial charge on any atom is -0.493 e. The molecule has 0 aliphatic rings. The molecule has 1 heterocycles. The highest BCUT2D eigenvalue weighted by Crippen LogP contribution is 2.40. The Morgan fingerprint density at radius 3 is 2.22 bits per heavy atom. The van der Waals surface area contributed by atoms with Crippen molar-refractivity contribution in [3.8, 4) is 28.5 Å². The molecular weight excluding hydrogens is 346 g/mol. The van der Waals surface area contributed by atoms with Crippen LogP contribution in [0.4, 0.5) is 0 Å². The monoisotopic (exact) mass is 373 g/mol. The lowest BCUT2D eigenvalue weighted by molar-refractivity contribution is -0.121. The van der Waals surface area contributed by atoms with E-state index in [9.17, 15) is 4.79 Å². The second kappa shape index (κ2) is 9.23.